The summed E-state index contributed by atoms with van der Waals surface area (Å²) in [6.07, 6.45) is 6.82. The second-order valence-electron chi connectivity index (χ2n) is 2.29. The number of nitrogens with zero attached hydrogens (tertiary/aromatic N) is 1. The summed E-state index contributed by atoms with van der Waals surface area (Å²) in [5.74, 6) is 0. The fourth-order valence-electron chi connectivity index (χ4n) is 0.901. The van der Waals surface area contributed by atoms with Gasteiger partial charge in [-0.2, -0.15) is 0 Å². The first-order valence-corrected chi connectivity index (χ1v) is 3.00. The van der Waals surface area contributed by atoms with E-state index in [-0.39, 0.29) is 0 Å². The third-order valence-electron chi connectivity index (χ3n) is 1.54. The van der Waals surface area contributed by atoms with E-state index in [0.29, 0.717) is 0 Å². The SMILES string of the molecule is [c]1ccn(C2CC2)c1. The summed E-state index contributed by atoms with van der Waals surface area (Å²) in [6.45, 7) is 0. The van der Waals surface area contributed by atoms with Crippen molar-refractivity contribution < 1.29 is 0 Å². The lowest BCUT2D eigenvalue weighted by Gasteiger charge is -1.93. The average molecular weight is 106 g/mol. The van der Waals surface area contributed by atoms with Gasteiger partial charge in [-0.3, -0.25) is 0 Å². The molecule has 1 heteroatoms. The van der Waals surface area contributed by atoms with Crippen molar-refractivity contribution in [3.8, 4) is 0 Å². The maximum Gasteiger partial charge on any atom is 0.0332 e. The van der Waals surface area contributed by atoms with Crippen LogP contribution in [0, 0.1) is 6.07 Å². The molecule has 1 aromatic heterocycles. The highest BCUT2D eigenvalue weighted by Crippen LogP contribution is 2.34. The second-order valence-corrected chi connectivity index (χ2v) is 2.29. The summed E-state index contributed by atoms with van der Waals surface area (Å²) in [6, 6.07) is 5.79. The number of hydrogen-bond donors (Lipinski definition) is 0. The van der Waals surface area contributed by atoms with Crippen molar-refractivity contribution in [1.82, 2.24) is 4.57 Å². The van der Waals surface area contributed by atoms with Crippen LogP contribution in [0.1, 0.15) is 18.9 Å². The lowest BCUT2D eigenvalue weighted by molar-refractivity contribution is 0.747. The van der Waals surface area contributed by atoms with Gasteiger partial charge in [0.15, 0.2) is 0 Å². The molecule has 2 rings (SSSR count). The highest BCUT2D eigenvalue weighted by atomic mass is 15.0. The molecule has 1 heterocycles. The Morgan fingerprint density at radius 2 is 2.38 bits per heavy atom. The van der Waals surface area contributed by atoms with Crippen molar-refractivity contribution in [2.24, 2.45) is 0 Å². The third-order valence-corrected chi connectivity index (χ3v) is 1.54. The van der Waals surface area contributed by atoms with Crippen LogP contribution in [0.5, 0.6) is 0 Å². The van der Waals surface area contributed by atoms with Gasteiger partial charge in [-0.25, -0.2) is 0 Å². The van der Waals surface area contributed by atoms with E-state index in [9.17, 15) is 0 Å². The quantitative estimate of drug-likeness (QED) is 0.512. The van der Waals surface area contributed by atoms with Crippen molar-refractivity contribution in [2.75, 3.05) is 0 Å². The molecule has 0 unspecified atom stereocenters. The fourth-order valence-corrected chi connectivity index (χ4v) is 0.901. The van der Waals surface area contributed by atoms with Gasteiger partial charge in [-0.1, -0.05) is 0 Å². The Hall–Kier alpha value is -0.720. The number of hydrogen-bond acceptors (Lipinski definition) is 0. The third kappa shape index (κ3) is 0.548. The van der Waals surface area contributed by atoms with Gasteiger partial charge in [0.1, 0.15) is 0 Å². The molecule has 0 atom stereocenters. The Labute approximate surface area is 48.9 Å². The highest BCUT2D eigenvalue weighted by molar-refractivity contribution is 4.94. The maximum atomic E-state index is 3.01. The minimum Gasteiger partial charge on any atom is -0.351 e. The molecule has 1 aromatic rings. The smallest absolute Gasteiger partial charge is 0.0332 e. The first-order valence-electron chi connectivity index (χ1n) is 3.00. The molecule has 41 valence electrons. The molecule has 0 aliphatic heterocycles. The molecular formula is C7H8N. The van der Waals surface area contributed by atoms with E-state index in [1.54, 1.807) is 0 Å². The van der Waals surface area contributed by atoms with E-state index in [1.807, 2.05) is 12.3 Å². The first kappa shape index (κ1) is 4.19. The molecule has 1 aliphatic rings. The van der Waals surface area contributed by atoms with Crippen molar-refractivity contribution in [2.45, 2.75) is 18.9 Å². The van der Waals surface area contributed by atoms with E-state index in [0.717, 1.165) is 6.04 Å². The second kappa shape index (κ2) is 1.38. The van der Waals surface area contributed by atoms with E-state index in [2.05, 4.69) is 16.8 Å². The number of rotatable bonds is 1. The zero-order chi connectivity index (χ0) is 5.40. The topological polar surface area (TPSA) is 4.93 Å². The van der Waals surface area contributed by atoms with Gasteiger partial charge in [-0.15, -0.1) is 0 Å². The number of aromatic nitrogens is 1. The van der Waals surface area contributed by atoms with Crippen molar-refractivity contribution in [3.05, 3.63) is 24.5 Å². The molecule has 0 spiro atoms. The zero-order valence-electron chi connectivity index (χ0n) is 4.67. The fraction of sp³-hybridized carbons (Fsp3) is 0.429. The predicted octanol–water partition coefficient (Wildman–Crippen LogP) is 1.62. The lowest BCUT2D eigenvalue weighted by Crippen LogP contribution is -1.85. The van der Waals surface area contributed by atoms with Crippen LogP contribution in [0.15, 0.2) is 18.5 Å². The van der Waals surface area contributed by atoms with Crippen LogP contribution in [0.4, 0.5) is 0 Å². The average Bonchev–Trinajstić information content (AvgIpc) is 2.49. The van der Waals surface area contributed by atoms with Crippen molar-refractivity contribution in [1.29, 1.82) is 0 Å². The minimum absolute atomic E-state index is 0.821. The van der Waals surface area contributed by atoms with Gasteiger partial charge in [0.2, 0.25) is 0 Å². The molecule has 1 fully saturated rings. The molecule has 0 N–H and O–H groups in total. The molecule has 1 nitrogen and oxygen atoms in total. The standard InChI is InChI=1S/C7H8N/c1-2-6-8(5-1)7-3-4-7/h1,5-7H,3-4H2. The Morgan fingerprint density at radius 1 is 1.50 bits per heavy atom. The van der Waals surface area contributed by atoms with Crippen molar-refractivity contribution in [3.63, 3.8) is 0 Å². The van der Waals surface area contributed by atoms with Crippen LogP contribution in [-0.2, 0) is 0 Å². The van der Waals surface area contributed by atoms with Gasteiger partial charge in [-0.05, 0) is 18.9 Å². The van der Waals surface area contributed by atoms with Gasteiger partial charge in [0.05, 0.1) is 0 Å². The van der Waals surface area contributed by atoms with E-state index in [4.69, 9.17) is 0 Å². The van der Waals surface area contributed by atoms with Crippen LogP contribution in [-0.4, -0.2) is 4.57 Å². The lowest BCUT2D eigenvalue weighted by atomic mass is 10.7. The molecule has 0 bridgehead atoms. The molecule has 0 saturated heterocycles. The Bertz CT molecular complexity index is 161. The molecule has 0 aromatic carbocycles. The van der Waals surface area contributed by atoms with Gasteiger partial charge < -0.3 is 4.57 Å². The maximum absolute atomic E-state index is 3.01. The molecule has 1 saturated carbocycles. The normalized spacial score (nSPS) is 19.0. The first-order chi connectivity index (χ1) is 3.97. The van der Waals surface area contributed by atoms with E-state index in [1.165, 1.54) is 12.8 Å². The summed E-state index contributed by atoms with van der Waals surface area (Å²) < 4.78 is 2.22. The summed E-state index contributed by atoms with van der Waals surface area (Å²) in [4.78, 5) is 0. The van der Waals surface area contributed by atoms with Crippen LogP contribution in [0.3, 0.4) is 0 Å². The summed E-state index contributed by atoms with van der Waals surface area (Å²) in [5.41, 5.74) is 0. The van der Waals surface area contributed by atoms with Crippen LogP contribution in [0.25, 0.3) is 0 Å². The molecule has 1 aliphatic carbocycles. The van der Waals surface area contributed by atoms with Crippen molar-refractivity contribution >= 4 is 0 Å². The van der Waals surface area contributed by atoms with Crippen LogP contribution in [0.2, 0.25) is 0 Å². The molecule has 8 heavy (non-hydrogen) atoms. The monoisotopic (exact) mass is 106 g/mol. The zero-order valence-corrected chi connectivity index (χ0v) is 4.67. The molecular weight excluding hydrogens is 98.1 g/mol. The van der Waals surface area contributed by atoms with Gasteiger partial charge in [0.25, 0.3) is 0 Å². The molecule has 1 radical (unpaired) electrons. The highest BCUT2D eigenvalue weighted by Gasteiger charge is 2.21. The van der Waals surface area contributed by atoms with Gasteiger partial charge >= 0.3 is 0 Å². The summed E-state index contributed by atoms with van der Waals surface area (Å²) >= 11 is 0. The predicted molar refractivity (Wildman–Crippen MR) is 31.5 cm³/mol. The minimum atomic E-state index is 0.821. The van der Waals surface area contributed by atoms with Crippen LogP contribution < -0.4 is 0 Å². The van der Waals surface area contributed by atoms with E-state index >= 15 is 0 Å². The Morgan fingerprint density at radius 3 is 2.88 bits per heavy atom. The molecule has 0 amide bonds. The van der Waals surface area contributed by atoms with Crippen LogP contribution >= 0.6 is 0 Å². The Balaban J connectivity index is 2.28. The summed E-state index contributed by atoms with van der Waals surface area (Å²) in [7, 11) is 0. The Kier molecular flexibility index (Phi) is 0.720. The largest absolute Gasteiger partial charge is 0.351 e. The van der Waals surface area contributed by atoms with E-state index < -0.39 is 0 Å². The summed E-state index contributed by atoms with van der Waals surface area (Å²) in [5, 5.41) is 0. The van der Waals surface area contributed by atoms with Gasteiger partial charge in [0, 0.05) is 24.5 Å².